The number of thioether (sulfide) groups is 1. The number of carbonyl (C=O) groups excluding carboxylic acids is 1. The molecule has 10 heteroatoms. The van der Waals surface area contributed by atoms with E-state index >= 15 is 0 Å². The van der Waals surface area contributed by atoms with Gasteiger partial charge in [0.05, 0.1) is 0 Å². The van der Waals surface area contributed by atoms with E-state index in [1.54, 1.807) is 35.2 Å². The molecule has 0 aliphatic rings. The Morgan fingerprint density at radius 1 is 1.13 bits per heavy atom. The largest absolute Gasteiger partial charge is 0.433 e. The van der Waals surface area contributed by atoms with Gasteiger partial charge in [-0.1, -0.05) is 48.2 Å². The van der Waals surface area contributed by atoms with E-state index in [0.29, 0.717) is 16.8 Å². The number of carbonyl (C=O) groups is 1. The van der Waals surface area contributed by atoms with Crippen molar-refractivity contribution in [2.75, 3.05) is 5.32 Å². The van der Waals surface area contributed by atoms with Gasteiger partial charge in [0.2, 0.25) is 0 Å². The Kier molecular flexibility index (Phi) is 5.64. The third kappa shape index (κ3) is 4.69. The van der Waals surface area contributed by atoms with E-state index in [4.69, 9.17) is 0 Å². The highest BCUT2D eigenvalue weighted by Crippen LogP contribution is 2.33. The van der Waals surface area contributed by atoms with Crippen molar-refractivity contribution in [2.45, 2.75) is 17.1 Å². The molecule has 0 aliphatic carbocycles. The molecule has 4 rings (SSSR count). The lowest BCUT2D eigenvalue weighted by atomic mass is 10.1. The smallest absolute Gasteiger partial charge is 0.321 e. The minimum atomic E-state index is -4.67. The first-order valence-electron chi connectivity index (χ1n) is 9.15. The summed E-state index contributed by atoms with van der Waals surface area (Å²) in [6.45, 7) is 0. The summed E-state index contributed by atoms with van der Waals surface area (Å²) in [5.74, 6) is -0.128. The number of hydrogen-bond acceptors (Lipinski definition) is 5. The fourth-order valence-electron chi connectivity index (χ4n) is 3.02. The van der Waals surface area contributed by atoms with E-state index in [-0.39, 0.29) is 11.1 Å². The van der Waals surface area contributed by atoms with Gasteiger partial charge in [-0.2, -0.15) is 13.2 Å². The maximum atomic E-state index is 13.5. The van der Waals surface area contributed by atoms with E-state index in [9.17, 15) is 18.0 Å². The number of aryl methyl sites for hydroxylation is 1. The summed E-state index contributed by atoms with van der Waals surface area (Å²) in [5, 5.41) is 11.4. The molecule has 6 nitrogen and oxygen atoms in total. The van der Waals surface area contributed by atoms with Crippen molar-refractivity contribution in [1.82, 2.24) is 19.7 Å². The van der Waals surface area contributed by atoms with Crippen molar-refractivity contribution in [2.24, 2.45) is 7.05 Å². The lowest BCUT2D eigenvalue weighted by Crippen LogP contribution is -2.17. The van der Waals surface area contributed by atoms with Crippen molar-refractivity contribution in [3.8, 4) is 0 Å². The van der Waals surface area contributed by atoms with Crippen molar-refractivity contribution >= 4 is 34.1 Å². The number of nitrogens with one attached hydrogen (secondary N) is 1. The van der Waals surface area contributed by atoms with Gasteiger partial charge in [0, 0.05) is 23.9 Å². The maximum absolute atomic E-state index is 13.5. The Labute approximate surface area is 179 Å². The predicted molar refractivity (Wildman–Crippen MR) is 112 cm³/mol. The van der Waals surface area contributed by atoms with Gasteiger partial charge < -0.3 is 9.88 Å². The number of nitrogens with zero attached hydrogens (tertiary/aromatic N) is 4. The predicted octanol–water partition coefficient (Wildman–Crippen LogP) is 4.93. The van der Waals surface area contributed by atoms with Crippen LogP contribution in [0.4, 0.5) is 18.9 Å². The molecule has 2 aromatic carbocycles. The molecule has 0 aliphatic heterocycles. The van der Waals surface area contributed by atoms with Crippen molar-refractivity contribution in [1.29, 1.82) is 0 Å². The van der Waals surface area contributed by atoms with Crippen LogP contribution in [-0.4, -0.2) is 25.7 Å². The fraction of sp³-hybridized carbons (Fsp3) is 0.143. The van der Waals surface area contributed by atoms with Crippen LogP contribution in [0.3, 0.4) is 0 Å². The van der Waals surface area contributed by atoms with Crippen LogP contribution in [0, 0.1) is 0 Å². The average molecular weight is 443 g/mol. The van der Waals surface area contributed by atoms with Gasteiger partial charge in [-0.3, -0.25) is 4.79 Å². The summed E-state index contributed by atoms with van der Waals surface area (Å²) in [7, 11) is 1.84. The first kappa shape index (κ1) is 20.9. The Balaban J connectivity index is 1.56. The topological polar surface area (TPSA) is 72.7 Å². The molecule has 0 spiro atoms. The molecule has 0 saturated carbocycles. The first-order valence-corrected chi connectivity index (χ1v) is 10.1. The van der Waals surface area contributed by atoms with E-state index in [0.717, 1.165) is 10.7 Å². The second-order valence-electron chi connectivity index (χ2n) is 6.74. The molecule has 0 saturated heterocycles. The third-order valence-electron chi connectivity index (χ3n) is 4.46. The molecule has 2 heterocycles. The number of amides is 1. The maximum Gasteiger partial charge on any atom is 0.433 e. The first-order chi connectivity index (χ1) is 14.8. The molecule has 2 aromatic heterocycles. The quantitative estimate of drug-likeness (QED) is 0.443. The highest BCUT2D eigenvalue weighted by atomic mass is 32.2. The van der Waals surface area contributed by atoms with Crippen molar-refractivity contribution in [3.05, 3.63) is 77.9 Å². The number of rotatable bonds is 5. The normalized spacial score (nSPS) is 11.6. The van der Waals surface area contributed by atoms with Crippen molar-refractivity contribution < 1.29 is 18.0 Å². The summed E-state index contributed by atoms with van der Waals surface area (Å²) in [6.07, 6.45) is -3.07. The molecule has 31 heavy (non-hydrogen) atoms. The van der Waals surface area contributed by atoms with Crippen LogP contribution in [0.5, 0.6) is 0 Å². The molecular formula is C21H16F3N5OS. The Hall–Kier alpha value is -3.40. The van der Waals surface area contributed by atoms with Crippen LogP contribution >= 0.6 is 11.8 Å². The van der Waals surface area contributed by atoms with Crippen LogP contribution in [-0.2, 0) is 19.0 Å². The molecule has 0 atom stereocenters. The van der Waals surface area contributed by atoms with Gasteiger partial charge in [0.1, 0.15) is 12.0 Å². The van der Waals surface area contributed by atoms with Crippen LogP contribution in [0.15, 0.2) is 66.1 Å². The number of aromatic nitrogens is 4. The Morgan fingerprint density at radius 2 is 1.94 bits per heavy atom. The lowest BCUT2D eigenvalue weighted by molar-refractivity contribution is -0.139. The number of benzene rings is 2. The van der Waals surface area contributed by atoms with Gasteiger partial charge >= 0.3 is 6.18 Å². The molecule has 1 N–H and O–H groups in total. The molecule has 4 aromatic rings. The zero-order chi connectivity index (χ0) is 22.0. The van der Waals surface area contributed by atoms with Gasteiger partial charge in [-0.15, -0.1) is 10.2 Å². The molecule has 0 bridgehead atoms. The van der Waals surface area contributed by atoms with E-state index in [2.05, 4.69) is 20.5 Å². The fourth-order valence-corrected chi connectivity index (χ4v) is 3.85. The zero-order valence-corrected chi connectivity index (χ0v) is 17.0. The molecular weight excluding hydrogens is 427 g/mol. The summed E-state index contributed by atoms with van der Waals surface area (Å²) in [6, 6.07) is 14.4. The molecule has 158 valence electrons. The summed E-state index contributed by atoms with van der Waals surface area (Å²) in [4.78, 5) is 16.3. The zero-order valence-electron chi connectivity index (χ0n) is 16.2. The number of hydrogen-bond donors (Lipinski definition) is 1. The number of halogens is 3. The van der Waals surface area contributed by atoms with Crippen LogP contribution in [0.2, 0.25) is 0 Å². The van der Waals surface area contributed by atoms with Gasteiger partial charge in [-0.05, 0) is 29.1 Å². The van der Waals surface area contributed by atoms with Crippen LogP contribution < -0.4 is 5.32 Å². The monoisotopic (exact) mass is 443 g/mol. The Morgan fingerprint density at radius 3 is 2.68 bits per heavy atom. The highest BCUT2D eigenvalue weighted by Gasteiger charge is 2.35. The van der Waals surface area contributed by atoms with Gasteiger partial charge in [0.15, 0.2) is 10.9 Å². The van der Waals surface area contributed by atoms with E-state index < -0.39 is 17.8 Å². The minimum absolute atomic E-state index is 0.0469. The van der Waals surface area contributed by atoms with Crippen LogP contribution in [0.1, 0.15) is 21.7 Å². The third-order valence-corrected chi connectivity index (χ3v) is 5.57. The van der Waals surface area contributed by atoms with Crippen LogP contribution in [0.25, 0.3) is 10.8 Å². The summed E-state index contributed by atoms with van der Waals surface area (Å²) < 4.78 is 42.2. The summed E-state index contributed by atoms with van der Waals surface area (Å²) in [5.41, 5.74) is -0.00713. The number of fused-ring (bicyclic) bond motifs is 1. The Bertz CT molecular complexity index is 1260. The highest BCUT2D eigenvalue weighted by molar-refractivity contribution is 7.98. The molecule has 0 radical (unpaired) electrons. The SMILES string of the molecule is Cn1cnnc1SCc1cccc(NC(=O)c2cc3ccccc3c(C(F)(F)F)n2)c1. The molecule has 0 fully saturated rings. The second-order valence-corrected chi connectivity index (χ2v) is 7.69. The van der Waals surface area contributed by atoms with E-state index in [1.807, 2.05) is 13.1 Å². The summed E-state index contributed by atoms with van der Waals surface area (Å²) >= 11 is 1.48. The average Bonchev–Trinajstić information content (AvgIpc) is 3.15. The number of pyridine rings is 1. The molecule has 1 amide bonds. The van der Waals surface area contributed by atoms with E-state index in [1.165, 1.54) is 36.0 Å². The number of alkyl halides is 3. The van der Waals surface area contributed by atoms with Gasteiger partial charge in [0.25, 0.3) is 5.91 Å². The van der Waals surface area contributed by atoms with Gasteiger partial charge in [-0.25, -0.2) is 4.98 Å². The number of anilines is 1. The minimum Gasteiger partial charge on any atom is -0.321 e. The van der Waals surface area contributed by atoms with Crippen molar-refractivity contribution in [3.63, 3.8) is 0 Å². The second kappa shape index (κ2) is 8.38. The standard InChI is InChI=1S/C21H16F3N5OS/c1-29-12-25-28-20(29)31-11-13-5-4-7-15(9-13)26-19(30)17-10-14-6-2-3-8-16(14)18(27-17)21(22,23)24/h2-10,12H,11H2,1H3,(H,26,30). The molecule has 0 unspecified atom stereocenters. The lowest BCUT2D eigenvalue weighted by Gasteiger charge is -2.12.